The Morgan fingerprint density at radius 2 is 1.75 bits per heavy atom. The number of likely N-dealkylation sites (N-methyl/N-ethyl adjacent to an activating group) is 1. The number of fused-ring (bicyclic) bond motifs is 1. The second kappa shape index (κ2) is 18.5. The molecule has 3 aromatic carbocycles. The second-order valence-electron chi connectivity index (χ2n) is 14.8. The van der Waals surface area contributed by atoms with Crippen molar-refractivity contribution in [1.82, 2.24) is 15.2 Å². The van der Waals surface area contributed by atoms with Gasteiger partial charge < -0.3 is 44.7 Å². The van der Waals surface area contributed by atoms with Crippen LogP contribution in [0.4, 0.5) is 10.5 Å². The van der Waals surface area contributed by atoms with E-state index < -0.39 is 23.8 Å². The third-order valence-electron chi connectivity index (χ3n) is 11.2. The molecule has 14 heteroatoms. The van der Waals surface area contributed by atoms with E-state index in [-0.39, 0.29) is 59.6 Å². The molecule has 6 N–H and O–H groups in total. The average molecular weight is 791 g/mol. The molecule has 6 rings (SSSR count). The van der Waals surface area contributed by atoms with Crippen LogP contribution in [0.5, 0.6) is 11.5 Å². The molecule has 13 nitrogen and oxygen atoms in total. The van der Waals surface area contributed by atoms with Gasteiger partial charge in [0.2, 0.25) is 5.56 Å². The molecule has 2 saturated carbocycles. The number of phenols is 1. The molecule has 0 unspecified atom stereocenters. The van der Waals surface area contributed by atoms with Crippen LogP contribution in [0.3, 0.4) is 0 Å². The molecule has 4 aromatic rings. The molecule has 0 spiro atoms. The van der Waals surface area contributed by atoms with Crippen molar-refractivity contribution in [3.8, 4) is 11.5 Å². The maximum absolute atomic E-state index is 13.5. The number of aromatic hydroxyl groups is 1. The fourth-order valence-corrected chi connectivity index (χ4v) is 8.26. The minimum atomic E-state index is -1.70. The normalized spacial score (nSPS) is 19.0. The number of hydrogen-bond donors (Lipinski definition) is 6. The van der Waals surface area contributed by atoms with Crippen LogP contribution in [0.25, 0.3) is 10.9 Å². The Bertz CT molecular complexity index is 2030. The number of pyridine rings is 1. The summed E-state index contributed by atoms with van der Waals surface area (Å²) >= 11 is 6.55. The highest BCUT2D eigenvalue weighted by Gasteiger charge is 2.49. The lowest BCUT2D eigenvalue weighted by molar-refractivity contribution is -0.181. The van der Waals surface area contributed by atoms with Gasteiger partial charge in [-0.1, -0.05) is 48.0 Å². The maximum atomic E-state index is 13.5. The highest BCUT2D eigenvalue weighted by atomic mass is 35.5. The Morgan fingerprint density at radius 3 is 2.46 bits per heavy atom. The van der Waals surface area contributed by atoms with E-state index in [1.165, 1.54) is 19.2 Å². The van der Waals surface area contributed by atoms with Gasteiger partial charge in [0.1, 0.15) is 24.2 Å². The Hall–Kier alpha value is -4.66. The number of aliphatic hydroxyl groups is 2. The standard InChI is InChI=1S/C42H51ClN4O9/c1-47(29-14-12-28(13-15-29)42(53,27-8-4-3-5-9-27)40(51)56-30-10-6-7-11-30)20-21-55-41(52)45-34-23-37(54-2)26(22-33(34)43)24-44-25-36(49)31-16-18-35(48)39-32(31)17-19-38(50)46-39/h3-5,8-9,16-19,22-23,28-30,36,44,48-49,53H,6-7,10-15,20-21,24-25H2,1-2H3,(H,45,52)(H,46,50)/t28?,29?,36-,42-/m0/s1. The van der Waals surface area contributed by atoms with Crippen LogP contribution in [0.1, 0.15) is 74.2 Å². The summed E-state index contributed by atoms with van der Waals surface area (Å²) in [6, 6.07) is 18.5. The van der Waals surface area contributed by atoms with Crippen LogP contribution in [0.2, 0.25) is 5.02 Å². The number of aliphatic hydroxyl groups excluding tert-OH is 1. The first-order valence-corrected chi connectivity index (χ1v) is 19.6. The minimum Gasteiger partial charge on any atom is -0.506 e. The van der Waals surface area contributed by atoms with Gasteiger partial charge >= 0.3 is 12.1 Å². The lowest BCUT2D eigenvalue weighted by Crippen LogP contribution is -2.48. The molecule has 2 atom stereocenters. The third-order valence-corrected chi connectivity index (χ3v) is 11.5. The summed E-state index contributed by atoms with van der Waals surface area (Å²) in [4.78, 5) is 42.8. The van der Waals surface area contributed by atoms with Crippen molar-refractivity contribution in [1.29, 1.82) is 0 Å². The largest absolute Gasteiger partial charge is 0.506 e. The van der Waals surface area contributed by atoms with Gasteiger partial charge in [0.15, 0.2) is 5.60 Å². The first kappa shape index (κ1) is 41.0. The van der Waals surface area contributed by atoms with E-state index in [1.807, 2.05) is 25.2 Å². The van der Waals surface area contributed by atoms with Gasteiger partial charge in [-0.05, 0) is 87.7 Å². The fraction of sp³-hybridized carbons (Fsp3) is 0.452. The number of aromatic nitrogens is 1. The van der Waals surface area contributed by atoms with E-state index in [9.17, 15) is 29.7 Å². The van der Waals surface area contributed by atoms with Gasteiger partial charge in [0, 0.05) is 54.7 Å². The topological polar surface area (TPSA) is 183 Å². The monoisotopic (exact) mass is 790 g/mol. The van der Waals surface area contributed by atoms with Crippen LogP contribution < -0.4 is 20.9 Å². The van der Waals surface area contributed by atoms with Gasteiger partial charge in [-0.2, -0.15) is 0 Å². The molecule has 1 aromatic heterocycles. The summed E-state index contributed by atoms with van der Waals surface area (Å²) in [5, 5.41) is 39.7. The molecule has 1 heterocycles. The second-order valence-corrected chi connectivity index (χ2v) is 15.2. The minimum absolute atomic E-state index is 0.0881. The predicted molar refractivity (Wildman–Crippen MR) is 213 cm³/mol. The number of phenolic OH excluding ortho intramolecular Hbond substituents is 1. The Labute approximate surface area is 330 Å². The predicted octanol–water partition coefficient (Wildman–Crippen LogP) is 6.13. The summed E-state index contributed by atoms with van der Waals surface area (Å²) in [6.07, 6.45) is 4.80. The van der Waals surface area contributed by atoms with Crippen LogP contribution in [-0.4, -0.2) is 83.3 Å². The van der Waals surface area contributed by atoms with Crippen molar-refractivity contribution in [2.75, 3.05) is 39.2 Å². The molecule has 2 aliphatic carbocycles. The van der Waals surface area contributed by atoms with Gasteiger partial charge in [-0.25, -0.2) is 9.59 Å². The zero-order valence-electron chi connectivity index (χ0n) is 31.8. The Morgan fingerprint density at radius 1 is 1.02 bits per heavy atom. The van der Waals surface area contributed by atoms with Crippen molar-refractivity contribution in [2.45, 2.75) is 81.8 Å². The van der Waals surface area contributed by atoms with Crippen molar-refractivity contribution >= 4 is 40.3 Å². The molecule has 1 amide bonds. The van der Waals surface area contributed by atoms with E-state index in [0.717, 1.165) is 38.5 Å². The van der Waals surface area contributed by atoms with E-state index >= 15 is 0 Å². The van der Waals surface area contributed by atoms with Crippen LogP contribution >= 0.6 is 11.6 Å². The number of esters is 1. The molecule has 2 fully saturated rings. The smallest absolute Gasteiger partial charge is 0.411 e. The van der Waals surface area contributed by atoms with Gasteiger partial charge in [-0.3, -0.25) is 10.1 Å². The number of aromatic amines is 1. The highest BCUT2D eigenvalue weighted by molar-refractivity contribution is 6.33. The number of carbonyl (C=O) groups excluding carboxylic acids is 2. The number of rotatable bonds is 15. The van der Waals surface area contributed by atoms with Gasteiger partial charge in [0.25, 0.3) is 0 Å². The zero-order valence-corrected chi connectivity index (χ0v) is 32.5. The summed E-state index contributed by atoms with van der Waals surface area (Å²) in [5.41, 5.74) is 0.292. The van der Waals surface area contributed by atoms with Crippen molar-refractivity contribution in [3.63, 3.8) is 0 Å². The fourth-order valence-electron chi connectivity index (χ4n) is 8.03. The van der Waals surface area contributed by atoms with Crippen LogP contribution in [0, 0.1) is 5.92 Å². The number of benzene rings is 3. The van der Waals surface area contributed by atoms with E-state index in [1.54, 1.807) is 36.4 Å². The number of ether oxygens (including phenoxy) is 3. The molecule has 0 radical (unpaired) electrons. The lowest BCUT2D eigenvalue weighted by Gasteiger charge is -2.41. The van der Waals surface area contributed by atoms with E-state index in [2.05, 4.69) is 20.5 Å². The summed E-state index contributed by atoms with van der Waals surface area (Å²) in [6.45, 7) is 1.05. The summed E-state index contributed by atoms with van der Waals surface area (Å²) in [5.74, 6) is -0.454. The molecular formula is C42H51ClN4O9. The number of hydrogen-bond acceptors (Lipinski definition) is 11. The Balaban J connectivity index is 0.968. The Kier molecular flexibility index (Phi) is 13.6. The van der Waals surface area contributed by atoms with Crippen molar-refractivity contribution in [2.24, 2.45) is 5.92 Å². The number of carbonyl (C=O) groups is 2. The zero-order chi connectivity index (χ0) is 39.8. The van der Waals surface area contributed by atoms with E-state index in [4.69, 9.17) is 25.8 Å². The van der Waals surface area contributed by atoms with Crippen molar-refractivity contribution in [3.05, 3.63) is 98.8 Å². The number of halogens is 1. The number of nitrogens with one attached hydrogen (secondary N) is 3. The summed E-state index contributed by atoms with van der Waals surface area (Å²) < 4.78 is 16.9. The molecular weight excluding hydrogens is 740 g/mol. The average Bonchev–Trinajstić information content (AvgIpc) is 3.72. The van der Waals surface area contributed by atoms with Crippen molar-refractivity contribution < 1.29 is 39.1 Å². The molecule has 0 saturated heterocycles. The third kappa shape index (κ3) is 9.47. The first-order chi connectivity index (χ1) is 27.0. The first-order valence-electron chi connectivity index (χ1n) is 19.2. The molecule has 300 valence electrons. The van der Waals surface area contributed by atoms with Crippen LogP contribution in [0.15, 0.2) is 71.5 Å². The summed E-state index contributed by atoms with van der Waals surface area (Å²) in [7, 11) is 3.48. The number of H-pyrrole nitrogens is 1. The molecule has 0 aliphatic heterocycles. The van der Waals surface area contributed by atoms with Gasteiger partial charge in [0.05, 0.1) is 29.4 Å². The molecule has 56 heavy (non-hydrogen) atoms. The highest BCUT2D eigenvalue weighted by Crippen LogP contribution is 2.42. The van der Waals surface area contributed by atoms with Gasteiger partial charge in [-0.15, -0.1) is 0 Å². The number of nitrogens with zero attached hydrogens (tertiary/aromatic N) is 1. The quantitative estimate of drug-likeness (QED) is 0.0762. The SMILES string of the molecule is COc1cc(NC(=O)OCCN(C)C2CCC([C@](O)(C(=O)OC3CCCC3)c3ccccc3)CC2)c(Cl)cc1CNC[C@H](O)c1ccc(O)c2[nH]c(=O)ccc12. The lowest BCUT2D eigenvalue weighted by atomic mass is 9.72. The molecule has 2 aliphatic rings. The number of methoxy groups -OCH3 is 1. The van der Waals surface area contributed by atoms with E-state index in [0.29, 0.717) is 52.9 Å². The number of amides is 1. The number of anilines is 1. The van der Waals surface area contributed by atoms with Crippen LogP contribution in [-0.2, 0) is 26.4 Å². The maximum Gasteiger partial charge on any atom is 0.411 e. The molecule has 0 bridgehead atoms.